The monoisotopic (exact) mass is 562 g/mol. The Morgan fingerprint density at radius 1 is 1.11 bits per heavy atom. The number of benzene rings is 1. The molecule has 10 nitrogen and oxygen atoms in total. The Labute approximate surface area is 220 Å². The van der Waals surface area contributed by atoms with Crippen LogP contribution in [0.25, 0.3) is 10.9 Å². The van der Waals surface area contributed by atoms with Gasteiger partial charge in [0.05, 0.1) is 7.11 Å². The molecule has 212 valence electrons. The maximum Gasteiger partial charge on any atom is 0.534 e. The van der Waals surface area contributed by atoms with Crippen LogP contribution in [0.2, 0.25) is 0 Å². The van der Waals surface area contributed by atoms with Crippen LogP contribution in [0, 0.1) is 0 Å². The number of carbonyl (C=O) groups excluding carboxylic acids is 1. The zero-order valence-corrected chi connectivity index (χ0v) is 22.9. The van der Waals surface area contributed by atoms with Gasteiger partial charge in [0.2, 0.25) is 0 Å². The van der Waals surface area contributed by atoms with E-state index in [4.69, 9.17) is 9.47 Å². The van der Waals surface area contributed by atoms with Crippen LogP contribution in [0.5, 0.6) is 11.5 Å². The number of hydrogen-bond donors (Lipinski definition) is 0. The Balaban J connectivity index is 1.65. The van der Waals surface area contributed by atoms with Crippen molar-refractivity contribution in [3.05, 3.63) is 24.4 Å². The first kappa shape index (κ1) is 29.6. The summed E-state index contributed by atoms with van der Waals surface area (Å²) in [5.74, 6) is -0.235. The van der Waals surface area contributed by atoms with Crippen molar-refractivity contribution in [1.29, 1.82) is 0 Å². The van der Waals surface area contributed by atoms with Gasteiger partial charge in [-0.3, -0.25) is 9.88 Å². The van der Waals surface area contributed by atoms with Gasteiger partial charge in [-0.05, 0) is 39.8 Å². The van der Waals surface area contributed by atoms with Gasteiger partial charge in [0.25, 0.3) is 0 Å². The minimum absolute atomic E-state index is 0.0692. The Morgan fingerprint density at radius 3 is 2.34 bits per heavy atom. The second-order valence-corrected chi connectivity index (χ2v) is 11.5. The van der Waals surface area contributed by atoms with Crippen molar-refractivity contribution in [3.8, 4) is 11.5 Å². The van der Waals surface area contributed by atoms with E-state index in [2.05, 4.69) is 14.1 Å². The third-order valence-corrected chi connectivity index (χ3v) is 6.86. The lowest BCUT2D eigenvalue weighted by Crippen LogP contribution is -2.50. The largest absolute Gasteiger partial charge is 0.534 e. The first-order valence-corrected chi connectivity index (χ1v) is 13.4. The minimum atomic E-state index is -5.86. The second kappa shape index (κ2) is 11.4. The molecular weight excluding hydrogens is 529 g/mol. The summed E-state index contributed by atoms with van der Waals surface area (Å²) in [6.07, 6.45) is 1.60. The molecule has 0 spiro atoms. The standard InChI is InChI=1S/C24H33F3N4O6S/c1-23(2,3)36-22(32)31-13-11-30(12-14-31)10-6-9-29(4)17-15-18-19(37-38(33,34)24(25,26)27)7-8-28-21(18)20(16-17)35-5/h7-8,15-16H,6,9-14H2,1-5H3. The third kappa shape index (κ3) is 7.31. The van der Waals surface area contributed by atoms with Gasteiger partial charge in [0.1, 0.15) is 16.9 Å². The number of alkyl halides is 3. The van der Waals surface area contributed by atoms with Crippen LogP contribution in [0.1, 0.15) is 27.2 Å². The van der Waals surface area contributed by atoms with Gasteiger partial charge >= 0.3 is 21.7 Å². The quantitative estimate of drug-likeness (QED) is 0.351. The molecule has 1 amide bonds. The lowest BCUT2D eigenvalue weighted by molar-refractivity contribution is -0.0499. The van der Waals surface area contributed by atoms with Crippen LogP contribution in [-0.4, -0.2) is 93.8 Å². The van der Waals surface area contributed by atoms with Crippen molar-refractivity contribution in [3.63, 3.8) is 0 Å². The van der Waals surface area contributed by atoms with Crippen LogP contribution in [0.15, 0.2) is 24.4 Å². The maximum atomic E-state index is 12.9. The number of hydrogen-bond acceptors (Lipinski definition) is 9. The number of anilines is 1. The number of fused-ring (bicyclic) bond motifs is 1. The molecule has 1 saturated heterocycles. The summed E-state index contributed by atoms with van der Waals surface area (Å²) >= 11 is 0. The van der Waals surface area contributed by atoms with Crippen molar-refractivity contribution in [2.45, 2.75) is 38.3 Å². The van der Waals surface area contributed by atoms with Gasteiger partial charge in [-0.2, -0.15) is 21.6 Å². The van der Waals surface area contributed by atoms with Gasteiger partial charge in [-0.25, -0.2) is 4.79 Å². The zero-order chi connectivity index (χ0) is 28.3. The third-order valence-electron chi connectivity index (χ3n) is 5.89. The van der Waals surface area contributed by atoms with Crippen LogP contribution in [0.4, 0.5) is 23.7 Å². The molecule has 0 unspecified atom stereocenters. The summed E-state index contributed by atoms with van der Waals surface area (Å²) in [6, 6.07) is 4.26. The summed E-state index contributed by atoms with van der Waals surface area (Å²) in [5, 5.41) is 0.0692. The van der Waals surface area contributed by atoms with E-state index >= 15 is 0 Å². The van der Waals surface area contributed by atoms with E-state index in [1.54, 1.807) is 11.0 Å². The highest BCUT2D eigenvalue weighted by Gasteiger charge is 2.48. The summed E-state index contributed by atoms with van der Waals surface area (Å²) < 4.78 is 77.1. The molecule has 38 heavy (non-hydrogen) atoms. The molecule has 1 aromatic carbocycles. The van der Waals surface area contributed by atoms with Crippen LogP contribution in [0.3, 0.4) is 0 Å². The second-order valence-electron chi connectivity index (χ2n) is 9.92. The predicted octanol–water partition coefficient (Wildman–Crippen LogP) is 3.85. The van der Waals surface area contributed by atoms with Crippen LogP contribution < -0.4 is 13.8 Å². The van der Waals surface area contributed by atoms with E-state index < -0.39 is 27.0 Å². The van der Waals surface area contributed by atoms with Gasteiger partial charge in [0.15, 0.2) is 5.75 Å². The van der Waals surface area contributed by atoms with Crippen molar-refractivity contribution in [2.24, 2.45) is 0 Å². The molecule has 2 aromatic rings. The normalized spacial score (nSPS) is 15.4. The fraction of sp³-hybridized carbons (Fsp3) is 0.583. The molecule has 0 aliphatic carbocycles. The van der Waals surface area contributed by atoms with Gasteiger partial charge < -0.3 is 23.5 Å². The van der Waals surface area contributed by atoms with E-state index in [-0.39, 0.29) is 22.7 Å². The fourth-order valence-electron chi connectivity index (χ4n) is 3.94. The number of rotatable bonds is 8. The van der Waals surface area contributed by atoms with Crippen LogP contribution >= 0.6 is 0 Å². The Morgan fingerprint density at radius 2 is 1.76 bits per heavy atom. The molecule has 14 heteroatoms. The number of aromatic nitrogens is 1. The number of pyridine rings is 1. The first-order chi connectivity index (χ1) is 17.6. The van der Waals surface area contributed by atoms with E-state index in [1.807, 2.05) is 32.7 Å². The predicted molar refractivity (Wildman–Crippen MR) is 136 cm³/mol. The van der Waals surface area contributed by atoms with E-state index in [0.29, 0.717) is 38.4 Å². The maximum absolute atomic E-state index is 12.9. The SMILES string of the molecule is COc1cc(N(C)CCCN2CCN(C(=O)OC(C)(C)C)CC2)cc2c(OS(=O)(=O)C(F)(F)F)ccnc12. The van der Waals surface area contributed by atoms with Crippen molar-refractivity contribution < 1.29 is 40.0 Å². The number of piperazine rings is 1. The molecule has 0 saturated carbocycles. The fourth-order valence-corrected chi connectivity index (χ4v) is 4.42. The first-order valence-electron chi connectivity index (χ1n) is 12.0. The summed E-state index contributed by atoms with van der Waals surface area (Å²) in [6.45, 7) is 9.44. The van der Waals surface area contributed by atoms with Crippen molar-refractivity contribution in [2.75, 3.05) is 58.3 Å². The molecule has 1 fully saturated rings. The summed E-state index contributed by atoms with van der Waals surface area (Å²) in [7, 11) is -2.66. The summed E-state index contributed by atoms with van der Waals surface area (Å²) in [4.78, 5) is 22.2. The molecule has 0 atom stereocenters. The van der Waals surface area contributed by atoms with Gasteiger partial charge in [0, 0.05) is 69.2 Å². The number of methoxy groups -OCH3 is 1. The topological polar surface area (TPSA) is 102 Å². The molecule has 0 N–H and O–H groups in total. The van der Waals surface area contributed by atoms with Crippen molar-refractivity contribution >= 4 is 32.8 Å². The average Bonchev–Trinajstić information content (AvgIpc) is 2.82. The highest BCUT2D eigenvalue weighted by Crippen LogP contribution is 2.37. The number of halogens is 3. The van der Waals surface area contributed by atoms with E-state index in [1.165, 1.54) is 13.2 Å². The van der Waals surface area contributed by atoms with Crippen LogP contribution in [-0.2, 0) is 14.9 Å². The molecule has 2 heterocycles. The number of ether oxygens (including phenoxy) is 2. The summed E-state index contributed by atoms with van der Waals surface area (Å²) in [5.41, 5.74) is -5.35. The molecule has 0 radical (unpaired) electrons. The van der Waals surface area contributed by atoms with Gasteiger partial charge in [-0.15, -0.1) is 0 Å². The number of carbonyl (C=O) groups is 1. The molecule has 1 aromatic heterocycles. The lowest BCUT2D eigenvalue weighted by atomic mass is 10.1. The number of amides is 1. The zero-order valence-electron chi connectivity index (χ0n) is 22.0. The van der Waals surface area contributed by atoms with Gasteiger partial charge in [-0.1, -0.05) is 0 Å². The number of nitrogens with zero attached hydrogens (tertiary/aromatic N) is 4. The molecule has 0 bridgehead atoms. The minimum Gasteiger partial charge on any atom is -0.494 e. The van der Waals surface area contributed by atoms with E-state index in [9.17, 15) is 26.4 Å². The molecule has 1 aliphatic heterocycles. The molecule has 3 rings (SSSR count). The average molecular weight is 563 g/mol. The highest BCUT2D eigenvalue weighted by molar-refractivity contribution is 7.88. The van der Waals surface area contributed by atoms with Crippen molar-refractivity contribution in [1.82, 2.24) is 14.8 Å². The Hall–Kier alpha value is -3.00. The molecule has 1 aliphatic rings. The Bertz CT molecular complexity index is 1240. The van der Waals surface area contributed by atoms with E-state index in [0.717, 1.165) is 25.2 Å². The highest BCUT2D eigenvalue weighted by atomic mass is 32.2. The smallest absolute Gasteiger partial charge is 0.494 e. The Kier molecular flexibility index (Phi) is 8.86. The lowest BCUT2D eigenvalue weighted by Gasteiger charge is -2.35. The molecular formula is C24H33F3N4O6S.